The van der Waals surface area contributed by atoms with Crippen LogP contribution in [0.1, 0.15) is 24.1 Å². The minimum atomic E-state index is -0.457. The molecule has 1 aliphatic rings. The largest absolute Gasteiger partial charge is 0.366 e. The normalized spacial score (nSPS) is 17.6. The molecule has 6 nitrogen and oxygen atoms in total. The second-order valence-electron chi connectivity index (χ2n) is 4.87. The molecule has 0 bridgehead atoms. The molecule has 2 heterocycles. The standard InChI is InChI=1S/C14H15N5O/c1-8-3-5-10(6-4-8)12-11(13(15)20)9(2)18-14-16-7-17-19(12)14/h3-7,12H,1-2H3,(H2,15,20)(H,16,17,18)/t12-/m0/s1. The Morgan fingerprint density at radius 1 is 1.30 bits per heavy atom. The van der Waals surface area contributed by atoms with Gasteiger partial charge in [0.25, 0.3) is 0 Å². The van der Waals surface area contributed by atoms with Crippen LogP contribution in [0.3, 0.4) is 0 Å². The van der Waals surface area contributed by atoms with Crippen molar-refractivity contribution in [1.29, 1.82) is 0 Å². The van der Waals surface area contributed by atoms with Gasteiger partial charge in [0, 0.05) is 5.70 Å². The molecule has 3 rings (SSSR count). The number of nitrogens with two attached hydrogens (primary N) is 1. The fourth-order valence-electron chi connectivity index (χ4n) is 2.47. The van der Waals surface area contributed by atoms with Crippen molar-refractivity contribution in [2.75, 3.05) is 5.32 Å². The van der Waals surface area contributed by atoms with E-state index in [-0.39, 0.29) is 6.04 Å². The first-order chi connectivity index (χ1) is 9.58. The van der Waals surface area contributed by atoms with Crippen molar-refractivity contribution in [3.05, 3.63) is 53.0 Å². The van der Waals surface area contributed by atoms with Crippen molar-refractivity contribution in [3.63, 3.8) is 0 Å². The molecular formula is C14H15N5O. The summed E-state index contributed by atoms with van der Waals surface area (Å²) in [7, 11) is 0. The van der Waals surface area contributed by atoms with E-state index in [0.29, 0.717) is 17.2 Å². The number of primary amides is 1. The van der Waals surface area contributed by atoms with Gasteiger partial charge in [-0.2, -0.15) is 10.1 Å². The van der Waals surface area contributed by atoms with Gasteiger partial charge >= 0.3 is 0 Å². The molecule has 1 aromatic carbocycles. The first-order valence-electron chi connectivity index (χ1n) is 6.31. The monoisotopic (exact) mass is 269 g/mol. The van der Waals surface area contributed by atoms with Gasteiger partial charge in [-0.1, -0.05) is 29.8 Å². The molecule has 0 spiro atoms. The minimum absolute atomic E-state index is 0.341. The summed E-state index contributed by atoms with van der Waals surface area (Å²) in [5.41, 5.74) is 8.87. The number of nitrogens with zero attached hydrogens (tertiary/aromatic N) is 3. The summed E-state index contributed by atoms with van der Waals surface area (Å²) in [5, 5.41) is 7.26. The number of carbonyl (C=O) groups excluding carboxylic acids is 1. The molecule has 0 saturated carbocycles. The zero-order valence-electron chi connectivity index (χ0n) is 11.3. The highest BCUT2D eigenvalue weighted by molar-refractivity contribution is 5.95. The van der Waals surface area contributed by atoms with Crippen molar-refractivity contribution in [3.8, 4) is 0 Å². The first-order valence-corrected chi connectivity index (χ1v) is 6.31. The lowest BCUT2D eigenvalue weighted by Crippen LogP contribution is -2.31. The van der Waals surface area contributed by atoms with E-state index in [9.17, 15) is 4.79 Å². The Morgan fingerprint density at radius 3 is 2.65 bits per heavy atom. The Kier molecular flexibility index (Phi) is 2.78. The van der Waals surface area contributed by atoms with Crippen LogP contribution in [0.2, 0.25) is 0 Å². The number of carbonyl (C=O) groups is 1. The van der Waals surface area contributed by atoms with Gasteiger partial charge in [0.1, 0.15) is 12.4 Å². The van der Waals surface area contributed by atoms with Crippen LogP contribution >= 0.6 is 0 Å². The molecule has 20 heavy (non-hydrogen) atoms. The minimum Gasteiger partial charge on any atom is -0.366 e. The maximum Gasteiger partial charge on any atom is 0.248 e. The second kappa shape index (κ2) is 4.48. The fourth-order valence-corrected chi connectivity index (χ4v) is 2.47. The van der Waals surface area contributed by atoms with E-state index in [2.05, 4.69) is 15.4 Å². The first kappa shape index (κ1) is 12.4. The average Bonchev–Trinajstić information content (AvgIpc) is 2.85. The Morgan fingerprint density at radius 2 is 2.00 bits per heavy atom. The van der Waals surface area contributed by atoms with E-state index in [4.69, 9.17) is 5.73 Å². The highest BCUT2D eigenvalue weighted by atomic mass is 16.1. The van der Waals surface area contributed by atoms with E-state index in [1.807, 2.05) is 38.1 Å². The van der Waals surface area contributed by atoms with Gasteiger partial charge in [0.2, 0.25) is 11.9 Å². The molecule has 102 valence electrons. The van der Waals surface area contributed by atoms with Crippen LogP contribution in [0.4, 0.5) is 5.95 Å². The summed E-state index contributed by atoms with van der Waals surface area (Å²) in [6.45, 7) is 3.84. The molecule has 0 saturated heterocycles. The topological polar surface area (TPSA) is 85.8 Å². The summed E-state index contributed by atoms with van der Waals surface area (Å²) in [5.74, 6) is 0.153. The zero-order chi connectivity index (χ0) is 14.3. The number of benzene rings is 1. The molecular weight excluding hydrogens is 254 g/mol. The van der Waals surface area contributed by atoms with Gasteiger partial charge < -0.3 is 11.1 Å². The summed E-state index contributed by atoms with van der Waals surface area (Å²) >= 11 is 0. The maximum absolute atomic E-state index is 11.8. The van der Waals surface area contributed by atoms with Crippen LogP contribution in [0.5, 0.6) is 0 Å². The summed E-state index contributed by atoms with van der Waals surface area (Å²) in [6.07, 6.45) is 1.46. The Balaban J connectivity index is 2.19. The number of rotatable bonds is 2. The van der Waals surface area contributed by atoms with E-state index in [1.165, 1.54) is 6.33 Å². The molecule has 3 N–H and O–H groups in total. The number of hydrogen-bond acceptors (Lipinski definition) is 4. The number of amides is 1. The molecule has 1 aliphatic heterocycles. The lowest BCUT2D eigenvalue weighted by Gasteiger charge is -2.27. The molecule has 1 atom stereocenters. The molecule has 0 fully saturated rings. The number of hydrogen-bond donors (Lipinski definition) is 2. The predicted molar refractivity (Wildman–Crippen MR) is 74.9 cm³/mol. The number of aromatic nitrogens is 3. The van der Waals surface area contributed by atoms with Crippen LogP contribution in [0.15, 0.2) is 41.9 Å². The van der Waals surface area contributed by atoms with Crippen molar-refractivity contribution >= 4 is 11.9 Å². The third-order valence-corrected chi connectivity index (χ3v) is 3.45. The smallest absolute Gasteiger partial charge is 0.248 e. The van der Waals surface area contributed by atoms with Gasteiger partial charge in [-0.3, -0.25) is 4.79 Å². The third kappa shape index (κ3) is 1.85. The van der Waals surface area contributed by atoms with Crippen molar-refractivity contribution in [2.24, 2.45) is 5.73 Å². The number of aryl methyl sites for hydroxylation is 1. The number of fused-ring (bicyclic) bond motifs is 1. The van der Waals surface area contributed by atoms with Crippen LogP contribution in [0.25, 0.3) is 0 Å². The van der Waals surface area contributed by atoms with Gasteiger partial charge in [0.15, 0.2) is 0 Å². The number of anilines is 1. The van der Waals surface area contributed by atoms with Gasteiger partial charge in [-0.25, -0.2) is 4.68 Å². The quantitative estimate of drug-likeness (QED) is 0.862. The highest BCUT2D eigenvalue weighted by Crippen LogP contribution is 2.34. The summed E-state index contributed by atoms with van der Waals surface area (Å²) in [6, 6.07) is 7.62. The SMILES string of the molecule is CC1=C(C(N)=O)[C@H](c2ccc(C)cc2)n2ncnc2N1. The summed E-state index contributed by atoms with van der Waals surface area (Å²) < 4.78 is 1.68. The molecule has 2 aromatic rings. The molecule has 1 aromatic heterocycles. The molecule has 0 aliphatic carbocycles. The number of allylic oxidation sites excluding steroid dienone is 1. The Bertz CT molecular complexity index is 699. The van der Waals surface area contributed by atoms with Crippen molar-refractivity contribution in [1.82, 2.24) is 14.8 Å². The van der Waals surface area contributed by atoms with Crippen molar-refractivity contribution in [2.45, 2.75) is 19.9 Å². The molecule has 1 amide bonds. The molecule has 6 heteroatoms. The lowest BCUT2D eigenvalue weighted by atomic mass is 9.95. The van der Waals surface area contributed by atoms with Crippen LogP contribution in [-0.4, -0.2) is 20.7 Å². The van der Waals surface area contributed by atoms with E-state index in [1.54, 1.807) is 4.68 Å². The molecule has 0 unspecified atom stereocenters. The predicted octanol–water partition coefficient (Wildman–Crippen LogP) is 1.36. The number of nitrogens with one attached hydrogen (secondary N) is 1. The summed E-state index contributed by atoms with van der Waals surface area (Å²) in [4.78, 5) is 16.0. The fraction of sp³-hybridized carbons (Fsp3) is 0.214. The van der Waals surface area contributed by atoms with E-state index < -0.39 is 5.91 Å². The van der Waals surface area contributed by atoms with Crippen LogP contribution in [0, 0.1) is 6.92 Å². The average molecular weight is 269 g/mol. The van der Waals surface area contributed by atoms with Crippen molar-refractivity contribution < 1.29 is 4.79 Å². The van der Waals surface area contributed by atoms with E-state index in [0.717, 1.165) is 11.1 Å². The Hall–Kier alpha value is -2.63. The van der Waals surface area contributed by atoms with E-state index >= 15 is 0 Å². The van der Waals surface area contributed by atoms with Gasteiger partial charge in [-0.15, -0.1) is 0 Å². The van der Waals surface area contributed by atoms with Crippen LogP contribution in [-0.2, 0) is 4.79 Å². The maximum atomic E-state index is 11.8. The highest BCUT2D eigenvalue weighted by Gasteiger charge is 2.31. The van der Waals surface area contributed by atoms with Gasteiger partial charge in [0.05, 0.1) is 5.57 Å². The van der Waals surface area contributed by atoms with Crippen LogP contribution < -0.4 is 11.1 Å². The Labute approximate surface area is 116 Å². The molecule has 0 radical (unpaired) electrons. The zero-order valence-corrected chi connectivity index (χ0v) is 11.3. The lowest BCUT2D eigenvalue weighted by molar-refractivity contribution is -0.115. The third-order valence-electron chi connectivity index (χ3n) is 3.45. The second-order valence-corrected chi connectivity index (χ2v) is 4.87. The van der Waals surface area contributed by atoms with Gasteiger partial charge in [-0.05, 0) is 19.4 Å².